The zero-order valence-electron chi connectivity index (χ0n) is 15.8. The third kappa shape index (κ3) is 2.89. The lowest BCUT2D eigenvalue weighted by Crippen LogP contribution is -2.22. The highest BCUT2D eigenvalue weighted by Crippen LogP contribution is 2.27. The van der Waals surface area contributed by atoms with Gasteiger partial charge in [-0.3, -0.25) is 0 Å². The van der Waals surface area contributed by atoms with Crippen LogP contribution in [0.25, 0.3) is 27.9 Å². The number of alkyl halides is 1. The topological polar surface area (TPSA) is 72.9 Å². The first-order valence-electron chi connectivity index (χ1n) is 9.71. The Balaban J connectivity index is 1.49. The lowest BCUT2D eigenvalue weighted by atomic mass is 9.85. The number of aryl methyl sites for hydroxylation is 2. The Kier molecular flexibility index (Phi) is 4.18. The zero-order chi connectivity index (χ0) is 19.1. The number of imidazole rings is 1. The van der Waals surface area contributed by atoms with Gasteiger partial charge < -0.3 is 9.88 Å². The van der Waals surface area contributed by atoms with Crippen LogP contribution in [0.5, 0.6) is 0 Å². The van der Waals surface area contributed by atoms with Gasteiger partial charge in [-0.2, -0.15) is 0 Å². The molecule has 0 unspecified atom stereocenters. The van der Waals surface area contributed by atoms with Crippen LogP contribution in [-0.4, -0.2) is 42.4 Å². The Bertz CT molecular complexity index is 1140. The first kappa shape index (κ1) is 17.1. The SMILES string of the molecule is Cc1nc2ccc(-c3ccn4nc(NCC5CCC5)ncc34)nc2n1CCF. The Morgan fingerprint density at radius 3 is 2.89 bits per heavy atom. The predicted octanol–water partition coefficient (Wildman–Crippen LogP) is 3.63. The summed E-state index contributed by atoms with van der Waals surface area (Å²) in [5.74, 6) is 2.15. The molecule has 1 saturated carbocycles. The fourth-order valence-corrected chi connectivity index (χ4v) is 3.75. The molecule has 0 amide bonds. The third-order valence-electron chi connectivity index (χ3n) is 5.56. The molecule has 8 heteroatoms. The van der Waals surface area contributed by atoms with E-state index in [0.717, 1.165) is 40.6 Å². The number of halogens is 1. The summed E-state index contributed by atoms with van der Waals surface area (Å²) in [5.41, 5.74) is 4.10. The van der Waals surface area contributed by atoms with Gasteiger partial charge in [0, 0.05) is 18.3 Å². The Hall–Kier alpha value is -3.03. The molecule has 0 saturated heterocycles. The van der Waals surface area contributed by atoms with Crippen LogP contribution in [0.15, 0.2) is 30.6 Å². The van der Waals surface area contributed by atoms with Gasteiger partial charge in [-0.15, -0.1) is 5.10 Å². The molecule has 0 aliphatic heterocycles. The molecule has 28 heavy (non-hydrogen) atoms. The van der Waals surface area contributed by atoms with Gasteiger partial charge in [0.25, 0.3) is 0 Å². The number of aromatic nitrogens is 6. The number of hydrogen-bond acceptors (Lipinski definition) is 5. The standard InChI is InChI=1S/C20H22FN7/c1-13-24-17-6-5-16(25-19(17)27(13)10-8-21)15-7-9-28-18(15)12-23-20(26-28)22-11-14-3-2-4-14/h5-7,9,12,14H,2-4,8,10-11H2,1H3,(H,22,26). The van der Waals surface area contributed by atoms with Crippen molar-refractivity contribution in [2.75, 3.05) is 18.5 Å². The second-order valence-electron chi connectivity index (χ2n) is 7.36. The van der Waals surface area contributed by atoms with Crippen LogP contribution in [0.4, 0.5) is 10.3 Å². The van der Waals surface area contributed by atoms with E-state index in [0.29, 0.717) is 11.6 Å². The summed E-state index contributed by atoms with van der Waals surface area (Å²) in [7, 11) is 0. The number of rotatable bonds is 6. The highest BCUT2D eigenvalue weighted by molar-refractivity contribution is 5.82. The van der Waals surface area contributed by atoms with Crippen molar-refractivity contribution in [1.29, 1.82) is 0 Å². The van der Waals surface area contributed by atoms with Gasteiger partial charge in [-0.25, -0.2) is 23.9 Å². The van der Waals surface area contributed by atoms with Gasteiger partial charge in [0.15, 0.2) is 5.65 Å². The summed E-state index contributed by atoms with van der Waals surface area (Å²) in [6.45, 7) is 2.61. The van der Waals surface area contributed by atoms with Crippen molar-refractivity contribution in [1.82, 2.24) is 29.1 Å². The van der Waals surface area contributed by atoms with E-state index in [2.05, 4.69) is 20.4 Å². The number of nitrogens with one attached hydrogen (secondary N) is 1. The molecule has 4 heterocycles. The van der Waals surface area contributed by atoms with E-state index in [-0.39, 0.29) is 6.54 Å². The van der Waals surface area contributed by atoms with Crippen molar-refractivity contribution in [2.45, 2.75) is 32.7 Å². The maximum Gasteiger partial charge on any atom is 0.241 e. The molecule has 0 bridgehead atoms. The molecule has 0 spiro atoms. The van der Waals surface area contributed by atoms with E-state index >= 15 is 0 Å². The number of anilines is 1. The number of hydrogen-bond donors (Lipinski definition) is 1. The molecular weight excluding hydrogens is 357 g/mol. The monoisotopic (exact) mass is 379 g/mol. The minimum Gasteiger partial charge on any atom is -0.353 e. The molecule has 0 radical (unpaired) electrons. The molecule has 4 aromatic rings. The second-order valence-corrected chi connectivity index (χ2v) is 7.36. The Morgan fingerprint density at radius 2 is 2.11 bits per heavy atom. The maximum atomic E-state index is 12.9. The van der Waals surface area contributed by atoms with Crippen LogP contribution in [-0.2, 0) is 6.54 Å². The molecule has 0 aromatic carbocycles. The van der Waals surface area contributed by atoms with Crippen molar-refractivity contribution in [3.63, 3.8) is 0 Å². The van der Waals surface area contributed by atoms with Crippen molar-refractivity contribution < 1.29 is 4.39 Å². The second kappa shape index (κ2) is 6.85. The lowest BCUT2D eigenvalue weighted by molar-refractivity contribution is 0.333. The van der Waals surface area contributed by atoms with E-state index in [9.17, 15) is 4.39 Å². The minimum atomic E-state index is -0.447. The quantitative estimate of drug-likeness (QED) is 0.554. The van der Waals surface area contributed by atoms with Crippen LogP contribution >= 0.6 is 0 Å². The number of pyridine rings is 1. The van der Waals surface area contributed by atoms with Crippen molar-refractivity contribution in [2.24, 2.45) is 5.92 Å². The fourth-order valence-electron chi connectivity index (χ4n) is 3.75. The van der Waals surface area contributed by atoms with E-state index in [4.69, 9.17) is 4.98 Å². The largest absolute Gasteiger partial charge is 0.353 e. The van der Waals surface area contributed by atoms with Crippen LogP contribution in [0.3, 0.4) is 0 Å². The van der Waals surface area contributed by atoms with Crippen molar-refractivity contribution >= 4 is 22.6 Å². The molecule has 5 rings (SSSR count). The van der Waals surface area contributed by atoms with Crippen LogP contribution in [0.2, 0.25) is 0 Å². The van der Waals surface area contributed by atoms with E-state index in [1.54, 1.807) is 0 Å². The van der Waals surface area contributed by atoms with Crippen molar-refractivity contribution in [3.05, 3.63) is 36.4 Å². The zero-order valence-corrected chi connectivity index (χ0v) is 15.8. The Labute approximate surface area is 161 Å². The molecule has 144 valence electrons. The minimum absolute atomic E-state index is 0.258. The van der Waals surface area contributed by atoms with Crippen LogP contribution in [0, 0.1) is 12.8 Å². The molecule has 7 nitrogen and oxygen atoms in total. The summed E-state index contributed by atoms with van der Waals surface area (Å²) in [6, 6.07) is 5.85. The third-order valence-corrected chi connectivity index (χ3v) is 5.56. The van der Waals surface area contributed by atoms with E-state index in [1.165, 1.54) is 19.3 Å². The summed E-state index contributed by atoms with van der Waals surface area (Å²) < 4.78 is 16.6. The highest BCUT2D eigenvalue weighted by atomic mass is 19.1. The predicted molar refractivity (Wildman–Crippen MR) is 106 cm³/mol. The van der Waals surface area contributed by atoms with E-state index < -0.39 is 6.67 Å². The first-order chi connectivity index (χ1) is 13.7. The average molecular weight is 379 g/mol. The molecule has 1 N–H and O–H groups in total. The van der Waals surface area contributed by atoms with Crippen LogP contribution < -0.4 is 5.32 Å². The lowest BCUT2D eigenvalue weighted by Gasteiger charge is -2.25. The van der Waals surface area contributed by atoms with Gasteiger partial charge in [-0.1, -0.05) is 6.42 Å². The number of fused-ring (bicyclic) bond motifs is 2. The molecule has 1 fully saturated rings. The van der Waals surface area contributed by atoms with Gasteiger partial charge in [0.2, 0.25) is 5.95 Å². The summed E-state index contributed by atoms with van der Waals surface area (Å²) in [5, 5.41) is 7.90. The Morgan fingerprint density at radius 1 is 1.21 bits per heavy atom. The van der Waals surface area contributed by atoms with Gasteiger partial charge >= 0.3 is 0 Å². The highest BCUT2D eigenvalue weighted by Gasteiger charge is 2.18. The maximum absolute atomic E-state index is 12.9. The fraction of sp³-hybridized carbons (Fsp3) is 0.400. The van der Waals surface area contributed by atoms with Gasteiger partial charge in [0.05, 0.1) is 24.0 Å². The average Bonchev–Trinajstić information content (AvgIpc) is 3.21. The van der Waals surface area contributed by atoms with Gasteiger partial charge in [0.1, 0.15) is 18.0 Å². The molecule has 1 aliphatic rings. The smallest absolute Gasteiger partial charge is 0.241 e. The summed E-state index contributed by atoms with van der Waals surface area (Å²) in [6.07, 6.45) is 7.64. The summed E-state index contributed by atoms with van der Waals surface area (Å²) >= 11 is 0. The first-order valence-corrected chi connectivity index (χ1v) is 9.71. The molecule has 0 atom stereocenters. The van der Waals surface area contributed by atoms with Crippen LogP contribution in [0.1, 0.15) is 25.1 Å². The van der Waals surface area contributed by atoms with Gasteiger partial charge in [-0.05, 0) is 43.9 Å². The summed E-state index contributed by atoms with van der Waals surface area (Å²) in [4.78, 5) is 13.7. The molecule has 4 aromatic heterocycles. The number of nitrogens with zero attached hydrogens (tertiary/aromatic N) is 6. The van der Waals surface area contributed by atoms with E-state index in [1.807, 2.05) is 46.6 Å². The molecular formula is C20H22FN7. The van der Waals surface area contributed by atoms with Crippen molar-refractivity contribution in [3.8, 4) is 11.3 Å². The molecule has 1 aliphatic carbocycles. The normalized spacial score (nSPS) is 14.6.